The number of anilines is 2. The summed E-state index contributed by atoms with van der Waals surface area (Å²) in [6, 6.07) is 11.8. The molecule has 0 fully saturated rings. The van der Waals surface area contributed by atoms with Gasteiger partial charge in [-0.3, -0.25) is 4.79 Å². The van der Waals surface area contributed by atoms with Crippen LogP contribution in [0.2, 0.25) is 5.02 Å². The molecule has 0 bridgehead atoms. The molecule has 3 N–H and O–H groups in total. The van der Waals surface area contributed by atoms with Crippen molar-refractivity contribution in [3.8, 4) is 5.75 Å². The molecule has 0 radical (unpaired) electrons. The molecule has 0 aliphatic rings. The second-order valence-electron chi connectivity index (χ2n) is 3.92. The van der Waals surface area contributed by atoms with Crippen molar-refractivity contribution in [2.24, 2.45) is 0 Å². The monoisotopic (exact) mass is 276 g/mol. The number of methoxy groups -OCH3 is 1. The van der Waals surface area contributed by atoms with Gasteiger partial charge in [0.15, 0.2) is 0 Å². The fourth-order valence-corrected chi connectivity index (χ4v) is 1.83. The number of rotatable bonds is 3. The van der Waals surface area contributed by atoms with Crippen LogP contribution in [-0.4, -0.2) is 13.0 Å². The van der Waals surface area contributed by atoms with Gasteiger partial charge in [0.1, 0.15) is 5.75 Å². The van der Waals surface area contributed by atoms with Crippen LogP contribution in [0.25, 0.3) is 0 Å². The first-order valence-electron chi connectivity index (χ1n) is 5.60. The zero-order valence-corrected chi connectivity index (χ0v) is 11.1. The number of nitrogen functional groups attached to an aromatic ring is 1. The standard InChI is InChI=1S/C14H13ClN2O2/c1-19-13-7-9(15)5-6-12(13)14(18)17-11-4-2-3-10(16)8-11/h2-8H,16H2,1H3,(H,17,18). The number of benzene rings is 2. The summed E-state index contributed by atoms with van der Waals surface area (Å²) in [4.78, 5) is 12.1. The highest BCUT2D eigenvalue weighted by Gasteiger charge is 2.12. The SMILES string of the molecule is COc1cc(Cl)ccc1C(=O)Nc1cccc(N)c1. The molecule has 4 nitrogen and oxygen atoms in total. The number of nitrogens with two attached hydrogens (primary N) is 1. The van der Waals surface area contributed by atoms with Gasteiger partial charge in [0.2, 0.25) is 0 Å². The Kier molecular flexibility index (Phi) is 3.92. The highest BCUT2D eigenvalue weighted by molar-refractivity contribution is 6.31. The second kappa shape index (κ2) is 5.63. The molecular formula is C14H13ClN2O2. The topological polar surface area (TPSA) is 64.3 Å². The fraction of sp³-hybridized carbons (Fsp3) is 0.0714. The van der Waals surface area contributed by atoms with Crippen LogP contribution in [0.1, 0.15) is 10.4 Å². The van der Waals surface area contributed by atoms with Crippen LogP contribution in [0.4, 0.5) is 11.4 Å². The lowest BCUT2D eigenvalue weighted by molar-refractivity contribution is 0.102. The number of hydrogen-bond donors (Lipinski definition) is 2. The molecule has 19 heavy (non-hydrogen) atoms. The minimum absolute atomic E-state index is 0.279. The first-order valence-corrected chi connectivity index (χ1v) is 5.98. The average molecular weight is 277 g/mol. The summed E-state index contributed by atoms with van der Waals surface area (Å²) in [5.74, 6) is 0.146. The molecule has 5 heteroatoms. The van der Waals surface area contributed by atoms with E-state index in [2.05, 4.69) is 5.32 Å². The Labute approximate surface area is 116 Å². The van der Waals surface area contributed by atoms with Crippen molar-refractivity contribution in [1.82, 2.24) is 0 Å². The van der Waals surface area contributed by atoms with E-state index in [4.69, 9.17) is 22.1 Å². The number of hydrogen-bond acceptors (Lipinski definition) is 3. The summed E-state index contributed by atoms with van der Waals surface area (Å²) in [6.45, 7) is 0. The Morgan fingerprint density at radius 3 is 2.74 bits per heavy atom. The number of carbonyl (C=O) groups is 1. The Balaban J connectivity index is 2.25. The minimum Gasteiger partial charge on any atom is -0.496 e. The van der Waals surface area contributed by atoms with Gasteiger partial charge < -0.3 is 15.8 Å². The maximum Gasteiger partial charge on any atom is 0.259 e. The van der Waals surface area contributed by atoms with E-state index in [9.17, 15) is 4.79 Å². The first-order chi connectivity index (χ1) is 9.10. The van der Waals surface area contributed by atoms with Gasteiger partial charge >= 0.3 is 0 Å². The molecule has 2 aromatic carbocycles. The number of nitrogens with one attached hydrogen (secondary N) is 1. The van der Waals surface area contributed by atoms with Crippen LogP contribution in [-0.2, 0) is 0 Å². The summed E-state index contributed by atoms with van der Waals surface area (Å²) < 4.78 is 5.14. The number of halogens is 1. The Morgan fingerprint density at radius 1 is 1.26 bits per heavy atom. The number of carbonyl (C=O) groups excluding carboxylic acids is 1. The van der Waals surface area contributed by atoms with Gasteiger partial charge in [0, 0.05) is 16.4 Å². The van der Waals surface area contributed by atoms with Gasteiger partial charge in [-0.1, -0.05) is 17.7 Å². The second-order valence-corrected chi connectivity index (χ2v) is 4.36. The Hall–Kier alpha value is -2.20. The lowest BCUT2D eigenvalue weighted by Crippen LogP contribution is -2.13. The third-order valence-corrected chi connectivity index (χ3v) is 2.79. The van der Waals surface area contributed by atoms with Crippen molar-refractivity contribution in [2.45, 2.75) is 0 Å². The van der Waals surface area contributed by atoms with Crippen molar-refractivity contribution >= 4 is 28.9 Å². The molecular weight excluding hydrogens is 264 g/mol. The first kappa shape index (κ1) is 13.2. The van der Waals surface area contributed by atoms with Gasteiger partial charge in [0.25, 0.3) is 5.91 Å². The number of amides is 1. The average Bonchev–Trinajstić information content (AvgIpc) is 2.38. The predicted octanol–water partition coefficient (Wildman–Crippen LogP) is 3.18. The van der Waals surface area contributed by atoms with Crippen LogP contribution in [0, 0.1) is 0 Å². The van der Waals surface area contributed by atoms with Gasteiger partial charge in [-0.2, -0.15) is 0 Å². The van der Waals surface area contributed by atoms with Gasteiger partial charge in [-0.25, -0.2) is 0 Å². The highest BCUT2D eigenvalue weighted by Crippen LogP contribution is 2.24. The van der Waals surface area contributed by atoms with Crippen molar-refractivity contribution < 1.29 is 9.53 Å². The van der Waals surface area contributed by atoms with Gasteiger partial charge in [-0.05, 0) is 36.4 Å². The highest BCUT2D eigenvalue weighted by atomic mass is 35.5. The molecule has 0 atom stereocenters. The van der Waals surface area contributed by atoms with Crippen molar-refractivity contribution in [3.63, 3.8) is 0 Å². The summed E-state index contributed by atoms with van der Waals surface area (Å²) in [7, 11) is 1.49. The lowest BCUT2D eigenvalue weighted by atomic mass is 10.2. The largest absolute Gasteiger partial charge is 0.496 e. The van der Waals surface area contributed by atoms with Gasteiger partial charge in [-0.15, -0.1) is 0 Å². The van der Waals surface area contributed by atoms with E-state index in [1.165, 1.54) is 7.11 Å². The zero-order valence-electron chi connectivity index (χ0n) is 10.3. The normalized spacial score (nSPS) is 10.0. The van der Waals surface area contributed by atoms with E-state index < -0.39 is 0 Å². The van der Waals surface area contributed by atoms with E-state index in [0.29, 0.717) is 27.7 Å². The number of ether oxygens (including phenoxy) is 1. The van der Waals surface area contributed by atoms with E-state index in [-0.39, 0.29) is 5.91 Å². The molecule has 0 unspecified atom stereocenters. The van der Waals surface area contributed by atoms with Crippen LogP contribution < -0.4 is 15.8 Å². The van der Waals surface area contributed by atoms with Crippen molar-refractivity contribution in [1.29, 1.82) is 0 Å². The van der Waals surface area contributed by atoms with Crippen molar-refractivity contribution in [2.75, 3.05) is 18.2 Å². The molecule has 2 aromatic rings. The van der Waals surface area contributed by atoms with Crippen LogP contribution >= 0.6 is 11.6 Å². The van der Waals surface area contributed by atoms with E-state index >= 15 is 0 Å². The maximum atomic E-state index is 12.1. The quantitative estimate of drug-likeness (QED) is 0.846. The Morgan fingerprint density at radius 2 is 2.05 bits per heavy atom. The predicted molar refractivity (Wildman–Crippen MR) is 76.8 cm³/mol. The minimum atomic E-state index is -0.279. The van der Waals surface area contributed by atoms with Gasteiger partial charge in [0.05, 0.1) is 12.7 Å². The Bertz CT molecular complexity index is 614. The lowest BCUT2D eigenvalue weighted by Gasteiger charge is -2.10. The summed E-state index contributed by atoms with van der Waals surface area (Å²) in [5, 5.41) is 3.26. The van der Waals surface area contributed by atoms with Crippen LogP contribution in [0.15, 0.2) is 42.5 Å². The van der Waals surface area contributed by atoms with E-state index in [1.807, 2.05) is 0 Å². The summed E-state index contributed by atoms with van der Waals surface area (Å²) in [6.07, 6.45) is 0. The molecule has 0 saturated heterocycles. The van der Waals surface area contributed by atoms with E-state index in [1.54, 1.807) is 42.5 Å². The third-order valence-electron chi connectivity index (χ3n) is 2.55. The third kappa shape index (κ3) is 3.17. The molecule has 0 heterocycles. The zero-order chi connectivity index (χ0) is 13.8. The molecule has 1 amide bonds. The molecule has 0 aromatic heterocycles. The van der Waals surface area contributed by atoms with Crippen LogP contribution in [0.5, 0.6) is 5.75 Å². The van der Waals surface area contributed by atoms with Crippen LogP contribution in [0.3, 0.4) is 0 Å². The smallest absolute Gasteiger partial charge is 0.259 e. The summed E-state index contributed by atoms with van der Waals surface area (Å²) in [5.41, 5.74) is 7.28. The van der Waals surface area contributed by atoms with E-state index in [0.717, 1.165) is 0 Å². The molecule has 0 aliphatic carbocycles. The molecule has 98 valence electrons. The van der Waals surface area contributed by atoms with Crippen molar-refractivity contribution in [3.05, 3.63) is 53.1 Å². The molecule has 0 saturated carbocycles. The summed E-state index contributed by atoms with van der Waals surface area (Å²) >= 11 is 5.85. The molecule has 0 spiro atoms. The fourth-order valence-electron chi connectivity index (χ4n) is 1.67. The maximum absolute atomic E-state index is 12.1. The molecule has 2 rings (SSSR count). The molecule has 0 aliphatic heterocycles.